The maximum absolute atomic E-state index is 13.4. The minimum Gasteiger partial charge on any atom is -0.454 e. The number of aromatic nitrogens is 1. The molecule has 2 atom stereocenters. The van der Waals surface area contributed by atoms with E-state index in [2.05, 4.69) is 22.1 Å². The lowest BCUT2D eigenvalue weighted by Crippen LogP contribution is -2.33. The molecule has 0 spiro atoms. The number of rotatable bonds is 8. The molecule has 6 rings (SSSR count). The molecule has 1 unspecified atom stereocenters. The van der Waals surface area contributed by atoms with Gasteiger partial charge in [-0.3, -0.25) is 9.69 Å². The topological polar surface area (TPSA) is 97.8 Å². The van der Waals surface area contributed by atoms with E-state index >= 15 is 0 Å². The Kier molecular flexibility index (Phi) is 6.44. The summed E-state index contributed by atoms with van der Waals surface area (Å²) in [7, 11) is -3.27. The summed E-state index contributed by atoms with van der Waals surface area (Å²) in [6, 6.07) is 13.3. The van der Waals surface area contributed by atoms with Gasteiger partial charge in [-0.05, 0) is 74.0 Å². The number of anilines is 1. The van der Waals surface area contributed by atoms with E-state index in [0.29, 0.717) is 27.6 Å². The lowest BCUT2D eigenvalue weighted by molar-refractivity contribution is -0.118. The van der Waals surface area contributed by atoms with Gasteiger partial charge in [0.05, 0.1) is 16.4 Å². The SMILES string of the molecule is CC[C@@H]1CCCN1C(c1ccc(S(C)(=O)=O)cc1)c1cnc(NC(=O)C2(c3ccc4c(c3)OCO4)CC2)s1. The summed E-state index contributed by atoms with van der Waals surface area (Å²) < 4.78 is 35.0. The zero-order valence-electron chi connectivity index (χ0n) is 21.5. The Balaban J connectivity index is 1.26. The highest BCUT2D eigenvalue weighted by molar-refractivity contribution is 7.90. The third-order valence-corrected chi connectivity index (χ3v) is 10.1. The summed E-state index contributed by atoms with van der Waals surface area (Å²) in [6.07, 6.45) is 7.92. The predicted octanol–water partition coefficient (Wildman–Crippen LogP) is 4.91. The lowest BCUT2D eigenvalue weighted by atomic mass is 9.94. The number of nitrogens with one attached hydrogen (secondary N) is 1. The van der Waals surface area contributed by atoms with Crippen molar-refractivity contribution in [3.63, 3.8) is 0 Å². The second-order valence-electron chi connectivity index (χ2n) is 10.4. The van der Waals surface area contributed by atoms with Crippen LogP contribution in [-0.2, 0) is 20.0 Å². The first-order chi connectivity index (χ1) is 18.3. The first-order valence-corrected chi connectivity index (χ1v) is 15.7. The zero-order valence-corrected chi connectivity index (χ0v) is 23.1. The molecule has 8 nitrogen and oxygen atoms in total. The fraction of sp³-hybridized carbons (Fsp3) is 0.429. The third kappa shape index (κ3) is 4.58. The smallest absolute Gasteiger partial charge is 0.236 e. The highest BCUT2D eigenvalue weighted by Gasteiger charge is 2.52. The molecule has 2 fully saturated rings. The van der Waals surface area contributed by atoms with Gasteiger partial charge in [-0.15, -0.1) is 0 Å². The van der Waals surface area contributed by atoms with Gasteiger partial charge in [-0.25, -0.2) is 13.4 Å². The average Bonchev–Trinajstić information content (AvgIpc) is 3.23. The van der Waals surface area contributed by atoms with Crippen molar-refractivity contribution in [1.82, 2.24) is 9.88 Å². The van der Waals surface area contributed by atoms with Gasteiger partial charge in [0.15, 0.2) is 26.5 Å². The Bertz CT molecular complexity index is 1460. The molecule has 1 aliphatic carbocycles. The number of nitrogens with zero attached hydrogens (tertiary/aromatic N) is 2. The molecule has 1 aromatic heterocycles. The van der Waals surface area contributed by atoms with Crippen LogP contribution in [0.25, 0.3) is 0 Å². The van der Waals surface area contributed by atoms with Gasteiger partial charge in [0.25, 0.3) is 0 Å². The van der Waals surface area contributed by atoms with Crippen LogP contribution in [0.5, 0.6) is 11.5 Å². The largest absolute Gasteiger partial charge is 0.454 e. The standard InChI is InChI=1S/C28H31N3O5S2/c1-3-20-5-4-14-31(20)25(18-6-9-21(10-7-18)38(2,33)34)24-16-29-27(37-24)30-26(32)28(12-13-28)19-8-11-22-23(15-19)36-17-35-22/h6-11,15-16,20,25H,3-5,12-14,17H2,1-2H3,(H,29,30,32)/t20-,25?/m1/s1. The molecule has 1 saturated heterocycles. The van der Waals surface area contributed by atoms with Crippen molar-refractivity contribution in [3.05, 3.63) is 64.7 Å². The van der Waals surface area contributed by atoms with Crippen molar-refractivity contribution >= 4 is 32.2 Å². The second kappa shape index (κ2) is 9.66. The Morgan fingerprint density at radius 1 is 1.18 bits per heavy atom. The van der Waals surface area contributed by atoms with Crippen LogP contribution in [0.15, 0.2) is 53.6 Å². The number of carbonyl (C=O) groups excluding carboxylic acids is 1. The molecule has 1 N–H and O–H groups in total. The third-order valence-electron chi connectivity index (χ3n) is 7.97. The number of fused-ring (bicyclic) bond motifs is 1. The second-order valence-corrected chi connectivity index (χ2v) is 13.4. The number of hydrogen-bond donors (Lipinski definition) is 1. The van der Waals surface area contributed by atoms with E-state index in [-0.39, 0.29) is 18.7 Å². The highest BCUT2D eigenvalue weighted by atomic mass is 32.2. The summed E-state index contributed by atoms with van der Waals surface area (Å²) in [5, 5.41) is 3.65. The number of benzene rings is 2. The van der Waals surface area contributed by atoms with Crippen LogP contribution in [0.1, 0.15) is 61.1 Å². The van der Waals surface area contributed by atoms with Crippen molar-refractivity contribution in [2.24, 2.45) is 0 Å². The van der Waals surface area contributed by atoms with E-state index in [1.165, 1.54) is 17.6 Å². The molecule has 0 radical (unpaired) electrons. The van der Waals surface area contributed by atoms with Gasteiger partial charge in [0.1, 0.15) is 0 Å². The number of carbonyl (C=O) groups is 1. The number of hydrogen-bond acceptors (Lipinski definition) is 8. The van der Waals surface area contributed by atoms with Gasteiger partial charge in [0, 0.05) is 23.4 Å². The van der Waals surface area contributed by atoms with E-state index in [4.69, 9.17) is 9.47 Å². The fourth-order valence-electron chi connectivity index (χ4n) is 5.71. The predicted molar refractivity (Wildman–Crippen MR) is 146 cm³/mol. The quantitative estimate of drug-likeness (QED) is 0.423. The van der Waals surface area contributed by atoms with E-state index in [1.807, 2.05) is 36.5 Å². The summed E-state index contributed by atoms with van der Waals surface area (Å²) in [4.78, 5) is 21.9. The molecular weight excluding hydrogens is 522 g/mol. The Morgan fingerprint density at radius 2 is 1.95 bits per heavy atom. The molecule has 3 aliphatic rings. The van der Waals surface area contributed by atoms with Gasteiger partial charge in [-0.1, -0.05) is 36.5 Å². The zero-order chi connectivity index (χ0) is 26.5. The van der Waals surface area contributed by atoms with Crippen molar-refractivity contribution < 1.29 is 22.7 Å². The molecule has 3 aromatic rings. The summed E-state index contributed by atoms with van der Waals surface area (Å²) in [5.41, 5.74) is 1.39. The molecule has 38 heavy (non-hydrogen) atoms. The number of amides is 1. The molecule has 1 amide bonds. The van der Waals surface area contributed by atoms with Gasteiger partial charge in [0.2, 0.25) is 12.7 Å². The maximum Gasteiger partial charge on any atom is 0.236 e. The van der Waals surface area contributed by atoms with Crippen molar-refractivity contribution in [3.8, 4) is 11.5 Å². The van der Waals surface area contributed by atoms with Crippen LogP contribution in [0.3, 0.4) is 0 Å². The first kappa shape index (κ1) is 25.3. The fourth-order valence-corrected chi connectivity index (χ4v) is 7.30. The van der Waals surface area contributed by atoms with E-state index in [1.54, 1.807) is 12.1 Å². The molecular formula is C28H31N3O5S2. The van der Waals surface area contributed by atoms with Crippen LogP contribution in [-0.4, -0.2) is 49.8 Å². The van der Waals surface area contributed by atoms with Gasteiger partial charge >= 0.3 is 0 Å². The monoisotopic (exact) mass is 553 g/mol. The van der Waals surface area contributed by atoms with E-state index < -0.39 is 15.3 Å². The highest BCUT2D eigenvalue weighted by Crippen LogP contribution is 2.51. The molecule has 2 aromatic carbocycles. The molecule has 2 aliphatic heterocycles. The van der Waals surface area contributed by atoms with E-state index in [0.717, 1.165) is 54.7 Å². The minimum atomic E-state index is -3.27. The number of likely N-dealkylation sites (tertiary alicyclic amines) is 1. The lowest BCUT2D eigenvalue weighted by Gasteiger charge is -2.32. The Hall–Kier alpha value is -2.95. The van der Waals surface area contributed by atoms with Crippen LogP contribution in [0, 0.1) is 0 Å². The van der Waals surface area contributed by atoms with Gasteiger partial charge in [-0.2, -0.15) is 0 Å². The number of thiazole rings is 1. The molecule has 10 heteroatoms. The summed E-state index contributed by atoms with van der Waals surface area (Å²) >= 11 is 1.48. The first-order valence-electron chi connectivity index (χ1n) is 13.0. The Morgan fingerprint density at radius 3 is 2.66 bits per heavy atom. The minimum absolute atomic E-state index is 0.0528. The number of sulfone groups is 1. The normalized spacial score (nSPS) is 20.8. The van der Waals surface area contributed by atoms with Crippen molar-refractivity contribution in [2.75, 3.05) is 24.9 Å². The molecule has 0 bridgehead atoms. The van der Waals surface area contributed by atoms with Crippen molar-refractivity contribution in [2.45, 2.75) is 61.4 Å². The summed E-state index contributed by atoms with van der Waals surface area (Å²) in [6.45, 7) is 3.37. The maximum atomic E-state index is 13.4. The molecule has 1 saturated carbocycles. The van der Waals surface area contributed by atoms with Crippen LogP contribution < -0.4 is 14.8 Å². The van der Waals surface area contributed by atoms with Crippen LogP contribution >= 0.6 is 11.3 Å². The van der Waals surface area contributed by atoms with Crippen LogP contribution in [0.2, 0.25) is 0 Å². The number of ether oxygens (including phenoxy) is 2. The Labute approximate surface area is 226 Å². The van der Waals surface area contributed by atoms with Gasteiger partial charge < -0.3 is 14.8 Å². The molecule has 200 valence electrons. The summed E-state index contributed by atoms with van der Waals surface area (Å²) in [5.74, 6) is 1.33. The van der Waals surface area contributed by atoms with E-state index in [9.17, 15) is 13.2 Å². The molecule has 3 heterocycles. The van der Waals surface area contributed by atoms with Crippen molar-refractivity contribution in [1.29, 1.82) is 0 Å². The van der Waals surface area contributed by atoms with Crippen LogP contribution in [0.4, 0.5) is 5.13 Å². The average molecular weight is 554 g/mol.